The van der Waals surface area contributed by atoms with Gasteiger partial charge in [0.25, 0.3) is 5.91 Å². The van der Waals surface area contributed by atoms with Crippen molar-refractivity contribution in [1.29, 1.82) is 0 Å². The number of nitrogens with zero attached hydrogens (tertiary/aromatic N) is 2. The molecule has 0 bridgehead atoms. The summed E-state index contributed by atoms with van der Waals surface area (Å²) in [6.07, 6.45) is 14.8. The molecule has 3 aliphatic rings. The lowest BCUT2D eigenvalue weighted by atomic mass is 9.99. The average molecular weight is 382 g/mol. The van der Waals surface area contributed by atoms with Crippen molar-refractivity contribution in [2.75, 3.05) is 6.61 Å². The zero-order valence-corrected chi connectivity index (χ0v) is 15.9. The van der Waals surface area contributed by atoms with Gasteiger partial charge in [0.1, 0.15) is 12.1 Å². The lowest BCUT2D eigenvalue weighted by Crippen LogP contribution is -2.37. The molecule has 0 saturated heterocycles. The highest BCUT2D eigenvalue weighted by Crippen LogP contribution is 2.45. The molecule has 0 aliphatic heterocycles. The van der Waals surface area contributed by atoms with E-state index in [0.717, 1.165) is 62.6 Å². The van der Waals surface area contributed by atoms with Crippen LogP contribution in [-0.4, -0.2) is 28.6 Å². The van der Waals surface area contributed by atoms with Gasteiger partial charge in [-0.15, -0.1) is 0 Å². The first kappa shape index (κ1) is 18.7. The summed E-state index contributed by atoms with van der Waals surface area (Å²) in [7, 11) is 0. The predicted octanol–water partition coefficient (Wildman–Crippen LogP) is 3.22. The van der Waals surface area contributed by atoms with E-state index in [9.17, 15) is 9.59 Å². The van der Waals surface area contributed by atoms with Gasteiger partial charge in [-0.1, -0.05) is 31.1 Å². The van der Waals surface area contributed by atoms with Crippen LogP contribution in [0.25, 0.3) is 0 Å². The van der Waals surface area contributed by atoms with Crippen LogP contribution < -0.4 is 11.1 Å². The Hall–Kier alpha value is -2.70. The minimum atomic E-state index is -0.596. The summed E-state index contributed by atoms with van der Waals surface area (Å²) in [6.45, 7) is 0.293. The van der Waals surface area contributed by atoms with Crippen LogP contribution >= 0.6 is 0 Å². The third-order valence-corrected chi connectivity index (χ3v) is 5.83. The summed E-state index contributed by atoms with van der Waals surface area (Å²) in [6, 6.07) is 0. The molecule has 3 N–H and O–H groups in total. The SMILES string of the molecule is NC(=O)c1cnc(C2(NC(=O)OCC3=CC=CCC3)CC2)nc1C1CCCC1. The summed E-state index contributed by atoms with van der Waals surface area (Å²) in [5, 5.41) is 2.94. The summed E-state index contributed by atoms with van der Waals surface area (Å²) in [4.78, 5) is 33.2. The first-order chi connectivity index (χ1) is 13.6. The third-order valence-electron chi connectivity index (χ3n) is 5.83. The maximum Gasteiger partial charge on any atom is 0.408 e. The van der Waals surface area contributed by atoms with E-state index < -0.39 is 17.5 Å². The molecule has 7 heteroatoms. The summed E-state index contributed by atoms with van der Waals surface area (Å²) in [5.41, 5.74) is 7.17. The number of nitrogens with two attached hydrogens (primary N) is 1. The number of aromatic nitrogens is 2. The molecule has 1 aromatic rings. The number of carbonyl (C=O) groups is 2. The van der Waals surface area contributed by atoms with E-state index in [2.05, 4.69) is 16.4 Å². The number of rotatable bonds is 6. The number of amides is 2. The molecule has 0 atom stereocenters. The number of allylic oxidation sites excluding steroid dienone is 3. The largest absolute Gasteiger partial charge is 0.445 e. The average Bonchev–Trinajstić information content (AvgIpc) is 3.27. The molecular weight excluding hydrogens is 356 g/mol. The molecule has 7 nitrogen and oxygen atoms in total. The molecule has 28 heavy (non-hydrogen) atoms. The second kappa shape index (κ2) is 7.73. The lowest BCUT2D eigenvalue weighted by molar-refractivity contribution is 0.0997. The van der Waals surface area contributed by atoms with Crippen LogP contribution in [0.4, 0.5) is 4.79 Å². The normalized spacial score (nSPS) is 20.5. The number of primary amides is 1. The molecular formula is C21H26N4O3. The fraction of sp³-hybridized carbons (Fsp3) is 0.524. The molecule has 2 fully saturated rings. The second-order valence-electron chi connectivity index (χ2n) is 7.91. The topological polar surface area (TPSA) is 107 Å². The summed E-state index contributed by atoms with van der Waals surface area (Å²) >= 11 is 0. The Balaban J connectivity index is 1.47. The molecule has 1 aromatic heterocycles. The quantitative estimate of drug-likeness (QED) is 0.785. The lowest BCUT2D eigenvalue weighted by Gasteiger charge is -2.19. The van der Waals surface area contributed by atoms with Gasteiger partial charge in [0.15, 0.2) is 5.82 Å². The zero-order chi connectivity index (χ0) is 19.6. The van der Waals surface area contributed by atoms with Gasteiger partial charge < -0.3 is 15.8 Å². The molecule has 3 aliphatic carbocycles. The Kier molecular flexibility index (Phi) is 5.15. The summed E-state index contributed by atoms with van der Waals surface area (Å²) in [5.74, 6) is 0.287. The van der Waals surface area contributed by atoms with E-state index in [1.807, 2.05) is 12.2 Å². The number of hydrogen-bond donors (Lipinski definition) is 2. The Labute approximate surface area is 164 Å². The number of alkyl carbamates (subject to hydrolysis) is 1. The first-order valence-electron chi connectivity index (χ1n) is 10.0. The fourth-order valence-electron chi connectivity index (χ4n) is 4.02. The van der Waals surface area contributed by atoms with Gasteiger partial charge in [-0.25, -0.2) is 14.8 Å². The maximum atomic E-state index is 12.3. The first-order valence-corrected chi connectivity index (χ1v) is 10.0. The van der Waals surface area contributed by atoms with Crippen molar-refractivity contribution >= 4 is 12.0 Å². The van der Waals surface area contributed by atoms with Gasteiger partial charge in [0.05, 0.1) is 11.3 Å². The number of carbonyl (C=O) groups excluding carboxylic acids is 2. The van der Waals surface area contributed by atoms with Crippen LogP contribution in [0.5, 0.6) is 0 Å². The van der Waals surface area contributed by atoms with Crippen LogP contribution in [0.1, 0.15) is 79.2 Å². The number of ether oxygens (including phenoxy) is 1. The smallest absolute Gasteiger partial charge is 0.408 e. The monoisotopic (exact) mass is 382 g/mol. The molecule has 2 amide bonds. The van der Waals surface area contributed by atoms with Crippen LogP contribution in [0, 0.1) is 0 Å². The van der Waals surface area contributed by atoms with Crippen molar-refractivity contribution in [1.82, 2.24) is 15.3 Å². The third kappa shape index (κ3) is 3.93. The summed E-state index contributed by atoms with van der Waals surface area (Å²) < 4.78 is 5.39. The van der Waals surface area contributed by atoms with Crippen molar-refractivity contribution in [2.45, 2.75) is 62.8 Å². The molecule has 0 spiro atoms. The van der Waals surface area contributed by atoms with Crippen LogP contribution in [-0.2, 0) is 10.3 Å². The van der Waals surface area contributed by atoms with Gasteiger partial charge in [-0.05, 0) is 44.1 Å². The van der Waals surface area contributed by atoms with Gasteiger partial charge >= 0.3 is 6.09 Å². The Bertz CT molecular complexity index is 836. The minimum absolute atomic E-state index is 0.235. The van der Waals surface area contributed by atoms with Crippen LogP contribution in [0.2, 0.25) is 0 Å². The van der Waals surface area contributed by atoms with Crippen molar-refractivity contribution in [3.63, 3.8) is 0 Å². The minimum Gasteiger partial charge on any atom is -0.445 e. The molecule has 0 aromatic carbocycles. The van der Waals surface area contributed by atoms with E-state index >= 15 is 0 Å². The predicted molar refractivity (Wildman–Crippen MR) is 104 cm³/mol. The van der Waals surface area contributed by atoms with E-state index in [4.69, 9.17) is 15.5 Å². The second-order valence-corrected chi connectivity index (χ2v) is 7.91. The highest BCUT2D eigenvalue weighted by molar-refractivity contribution is 5.93. The van der Waals surface area contributed by atoms with E-state index in [-0.39, 0.29) is 5.92 Å². The van der Waals surface area contributed by atoms with Gasteiger partial charge in [-0.2, -0.15) is 0 Å². The molecule has 0 unspecified atom stereocenters. The van der Waals surface area contributed by atoms with E-state index in [1.165, 1.54) is 6.20 Å². The van der Waals surface area contributed by atoms with Gasteiger partial charge in [-0.3, -0.25) is 4.79 Å². The van der Waals surface area contributed by atoms with Crippen molar-refractivity contribution in [3.8, 4) is 0 Å². The Morgan fingerprint density at radius 2 is 2.07 bits per heavy atom. The van der Waals surface area contributed by atoms with Crippen molar-refractivity contribution in [2.24, 2.45) is 5.73 Å². The number of nitrogens with one attached hydrogen (secondary N) is 1. The highest BCUT2D eigenvalue weighted by atomic mass is 16.5. The van der Waals surface area contributed by atoms with Crippen LogP contribution in [0.15, 0.2) is 30.0 Å². The zero-order valence-electron chi connectivity index (χ0n) is 15.9. The molecule has 4 rings (SSSR count). The van der Waals surface area contributed by atoms with Crippen LogP contribution in [0.3, 0.4) is 0 Å². The molecule has 1 heterocycles. The number of hydrogen-bond acceptors (Lipinski definition) is 5. The highest BCUT2D eigenvalue weighted by Gasteiger charge is 2.49. The standard InChI is InChI=1S/C21H26N4O3/c22-18(26)16-12-23-19(24-17(16)15-8-4-5-9-15)21(10-11-21)25-20(27)28-13-14-6-2-1-3-7-14/h1-2,6,12,15H,3-5,7-11,13H2,(H2,22,26)(H,25,27). The van der Waals surface area contributed by atoms with Gasteiger partial charge in [0.2, 0.25) is 0 Å². The molecule has 148 valence electrons. The maximum absolute atomic E-state index is 12.3. The Morgan fingerprint density at radius 1 is 1.29 bits per heavy atom. The molecule has 0 radical (unpaired) electrons. The van der Waals surface area contributed by atoms with Gasteiger partial charge in [0, 0.05) is 12.1 Å². The van der Waals surface area contributed by atoms with E-state index in [0.29, 0.717) is 18.0 Å². The van der Waals surface area contributed by atoms with Crippen molar-refractivity contribution in [3.05, 3.63) is 47.1 Å². The fourth-order valence-corrected chi connectivity index (χ4v) is 4.02. The van der Waals surface area contributed by atoms with E-state index in [1.54, 1.807) is 0 Å². The van der Waals surface area contributed by atoms with Crippen molar-refractivity contribution < 1.29 is 14.3 Å². The Morgan fingerprint density at radius 3 is 2.71 bits per heavy atom. The molecule has 2 saturated carbocycles.